The summed E-state index contributed by atoms with van der Waals surface area (Å²) in [6, 6.07) is 5.12. The Labute approximate surface area is 141 Å². The third-order valence-corrected chi connectivity index (χ3v) is 4.38. The van der Waals surface area contributed by atoms with E-state index in [1.807, 2.05) is 25.9 Å². The highest BCUT2D eigenvalue weighted by molar-refractivity contribution is 6.34. The number of likely N-dealkylation sites (tertiary alicyclic amines) is 1. The molecule has 0 bridgehead atoms. The predicted octanol–water partition coefficient (Wildman–Crippen LogP) is 2.68. The van der Waals surface area contributed by atoms with Crippen LogP contribution in [0.3, 0.4) is 0 Å². The maximum absolute atomic E-state index is 12.5. The number of methoxy groups -OCH3 is 1. The van der Waals surface area contributed by atoms with Crippen molar-refractivity contribution >= 4 is 35.0 Å². The van der Waals surface area contributed by atoms with Crippen LogP contribution in [0.25, 0.3) is 0 Å². The van der Waals surface area contributed by atoms with E-state index in [0.29, 0.717) is 23.8 Å². The minimum Gasteiger partial charge on any atom is -0.469 e. The molecule has 1 aromatic carbocycles. The van der Waals surface area contributed by atoms with Crippen molar-refractivity contribution in [3.63, 3.8) is 0 Å². The van der Waals surface area contributed by atoms with Crippen LogP contribution in [0.15, 0.2) is 18.2 Å². The van der Waals surface area contributed by atoms with E-state index in [2.05, 4.69) is 5.32 Å². The van der Waals surface area contributed by atoms with Gasteiger partial charge >= 0.3 is 12.0 Å². The van der Waals surface area contributed by atoms with Crippen LogP contribution in [0.4, 0.5) is 16.2 Å². The van der Waals surface area contributed by atoms with E-state index in [1.165, 1.54) is 7.11 Å². The predicted molar refractivity (Wildman–Crippen MR) is 91.0 cm³/mol. The molecule has 6 nitrogen and oxygen atoms in total. The zero-order valence-corrected chi connectivity index (χ0v) is 14.6. The lowest BCUT2D eigenvalue weighted by molar-refractivity contribution is -0.145. The molecule has 1 saturated heterocycles. The number of halogens is 1. The number of carbonyl (C=O) groups is 2. The average Bonchev–Trinajstić information content (AvgIpc) is 2.88. The first-order valence-corrected chi connectivity index (χ1v) is 7.82. The van der Waals surface area contributed by atoms with Crippen LogP contribution >= 0.6 is 11.6 Å². The number of esters is 1. The normalized spacial score (nSPS) is 20.3. The molecule has 23 heavy (non-hydrogen) atoms. The second kappa shape index (κ2) is 7.08. The fourth-order valence-corrected chi connectivity index (χ4v) is 3.20. The summed E-state index contributed by atoms with van der Waals surface area (Å²) >= 11 is 6.21. The summed E-state index contributed by atoms with van der Waals surface area (Å²) in [7, 11) is 5.09. The molecule has 1 aliphatic heterocycles. The number of carbonyl (C=O) groups excluding carboxylic acids is 2. The number of nitrogens with one attached hydrogen (secondary N) is 1. The van der Waals surface area contributed by atoms with Crippen LogP contribution in [-0.4, -0.2) is 51.2 Å². The van der Waals surface area contributed by atoms with E-state index in [4.69, 9.17) is 16.3 Å². The molecule has 0 aliphatic carbocycles. The first kappa shape index (κ1) is 17.4. The third kappa shape index (κ3) is 3.69. The molecule has 1 aromatic rings. The van der Waals surface area contributed by atoms with Gasteiger partial charge in [0, 0.05) is 27.2 Å². The number of benzene rings is 1. The summed E-state index contributed by atoms with van der Waals surface area (Å²) in [6.45, 7) is 2.82. The molecule has 2 rings (SSSR count). The zero-order valence-electron chi connectivity index (χ0n) is 13.8. The van der Waals surface area contributed by atoms with Gasteiger partial charge in [0.15, 0.2) is 0 Å². The van der Waals surface area contributed by atoms with Gasteiger partial charge in [-0.15, -0.1) is 0 Å². The fourth-order valence-electron chi connectivity index (χ4n) is 2.86. The van der Waals surface area contributed by atoms with Crippen molar-refractivity contribution in [2.75, 3.05) is 44.5 Å². The van der Waals surface area contributed by atoms with E-state index in [-0.39, 0.29) is 23.8 Å². The van der Waals surface area contributed by atoms with Crippen LogP contribution in [0.5, 0.6) is 0 Å². The number of anilines is 2. The molecular formula is C16H22ClN3O3. The number of hydrogen-bond donors (Lipinski definition) is 1. The summed E-state index contributed by atoms with van der Waals surface area (Å²) in [6.07, 6.45) is 0. The summed E-state index contributed by atoms with van der Waals surface area (Å²) in [4.78, 5) is 27.7. The summed E-state index contributed by atoms with van der Waals surface area (Å²) in [5.41, 5.74) is 1.39. The van der Waals surface area contributed by atoms with Crippen molar-refractivity contribution in [1.29, 1.82) is 0 Å². The maximum Gasteiger partial charge on any atom is 0.321 e. The Morgan fingerprint density at radius 2 is 2.04 bits per heavy atom. The summed E-state index contributed by atoms with van der Waals surface area (Å²) in [5, 5.41) is 3.45. The summed E-state index contributed by atoms with van der Waals surface area (Å²) < 4.78 is 4.80. The van der Waals surface area contributed by atoms with Crippen molar-refractivity contribution in [1.82, 2.24) is 4.90 Å². The molecule has 0 saturated carbocycles. The monoisotopic (exact) mass is 339 g/mol. The number of para-hydroxylation sites is 1. The van der Waals surface area contributed by atoms with E-state index in [9.17, 15) is 9.59 Å². The van der Waals surface area contributed by atoms with Crippen LogP contribution in [0.1, 0.15) is 6.92 Å². The first-order chi connectivity index (χ1) is 10.8. The second-order valence-electron chi connectivity index (χ2n) is 5.97. The highest BCUT2D eigenvalue weighted by Gasteiger charge is 2.37. The summed E-state index contributed by atoms with van der Waals surface area (Å²) in [5.74, 6) is -0.483. The van der Waals surface area contributed by atoms with E-state index < -0.39 is 0 Å². The lowest BCUT2D eigenvalue weighted by atomic mass is 9.99. The number of hydrogen-bond acceptors (Lipinski definition) is 4. The van der Waals surface area contributed by atoms with Gasteiger partial charge in [-0.2, -0.15) is 0 Å². The minimum atomic E-state index is -0.279. The molecule has 0 spiro atoms. The topological polar surface area (TPSA) is 61.9 Å². The number of ether oxygens (including phenoxy) is 1. The molecule has 1 aliphatic rings. The van der Waals surface area contributed by atoms with Gasteiger partial charge in [0.05, 0.1) is 29.4 Å². The molecule has 2 atom stereocenters. The Bertz CT molecular complexity index is 606. The Kier molecular flexibility index (Phi) is 5.36. The first-order valence-electron chi connectivity index (χ1n) is 7.44. The highest BCUT2D eigenvalue weighted by Crippen LogP contribution is 2.33. The molecule has 126 valence electrons. The Morgan fingerprint density at radius 1 is 1.35 bits per heavy atom. The van der Waals surface area contributed by atoms with Crippen LogP contribution in [0, 0.1) is 11.8 Å². The lowest BCUT2D eigenvalue weighted by Gasteiger charge is -2.22. The van der Waals surface area contributed by atoms with E-state index >= 15 is 0 Å². The van der Waals surface area contributed by atoms with Crippen molar-refractivity contribution in [3.05, 3.63) is 23.2 Å². The van der Waals surface area contributed by atoms with E-state index in [1.54, 1.807) is 23.1 Å². The van der Waals surface area contributed by atoms with Crippen molar-refractivity contribution < 1.29 is 14.3 Å². The van der Waals surface area contributed by atoms with Crippen molar-refractivity contribution in [2.45, 2.75) is 6.92 Å². The molecule has 7 heteroatoms. The van der Waals surface area contributed by atoms with Gasteiger partial charge in [-0.3, -0.25) is 4.79 Å². The van der Waals surface area contributed by atoms with Crippen LogP contribution < -0.4 is 10.2 Å². The molecule has 2 amide bonds. The number of rotatable bonds is 3. The Morgan fingerprint density at radius 3 is 2.65 bits per heavy atom. The quantitative estimate of drug-likeness (QED) is 0.860. The third-order valence-electron chi connectivity index (χ3n) is 4.08. The van der Waals surface area contributed by atoms with Gasteiger partial charge in [-0.25, -0.2) is 4.79 Å². The maximum atomic E-state index is 12.5. The minimum absolute atomic E-state index is 0.0703. The van der Waals surface area contributed by atoms with Gasteiger partial charge in [0.1, 0.15) is 0 Å². The molecule has 0 aromatic heterocycles. The Hall–Kier alpha value is -1.95. The van der Waals surface area contributed by atoms with Gasteiger partial charge < -0.3 is 19.9 Å². The highest BCUT2D eigenvalue weighted by atomic mass is 35.5. The molecule has 0 radical (unpaired) electrons. The average molecular weight is 340 g/mol. The number of urea groups is 1. The second-order valence-corrected chi connectivity index (χ2v) is 6.38. The van der Waals surface area contributed by atoms with Crippen LogP contribution in [0.2, 0.25) is 5.02 Å². The van der Waals surface area contributed by atoms with Crippen molar-refractivity contribution in [3.8, 4) is 0 Å². The zero-order chi connectivity index (χ0) is 17.1. The van der Waals surface area contributed by atoms with E-state index in [0.717, 1.165) is 5.69 Å². The molecular weight excluding hydrogens is 318 g/mol. The smallest absolute Gasteiger partial charge is 0.321 e. The molecule has 1 N–H and O–H groups in total. The molecule has 1 fully saturated rings. The lowest BCUT2D eigenvalue weighted by Crippen LogP contribution is -2.34. The molecule has 1 heterocycles. The van der Waals surface area contributed by atoms with Gasteiger partial charge in [-0.1, -0.05) is 24.6 Å². The SMILES string of the molecule is COC(=O)[C@@H]1CN(C(=O)Nc2cccc(Cl)c2N(C)C)C[C@H]1C. The largest absolute Gasteiger partial charge is 0.469 e. The fraction of sp³-hybridized carbons (Fsp3) is 0.500. The molecule has 0 unspecified atom stereocenters. The Balaban J connectivity index is 2.12. The van der Waals surface area contributed by atoms with Gasteiger partial charge in [0.2, 0.25) is 0 Å². The van der Waals surface area contributed by atoms with Gasteiger partial charge in [0.25, 0.3) is 0 Å². The van der Waals surface area contributed by atoms with Gasteiger partial charge in [-0.05, 0) is 18.1 Å². The standard InChI is InChI=1S/C16H22ClN3O3/c1-10-8-20(9-11(10)15(21)23-4)16(22)18-13-7-5-6-12(17)14(13)19(2)3/h5-7,10-11H,8-9H2,1-4H3,(H,18,22)/t10-,11-/m1/s1. The number of nitrogens with zero attached hydrogens (tertiary/aromatic N) is 2. The van der Waals surface area contributed by atoms with Crippen molar-refractivity contribution in [2.24, 2.45) is 11.8 Å². The van der Waals surface area contributed by atoms with Crippen LogP contribution in [-0.2, 0) is 9.53 Å². The number of amides is 2.